The van der Waals surface area contributed by atoms with Gasteiger partial charge in [0.15, 0.2) is 0 Å². The lowest BCUT2D eigenvalue weighted by Gasteiger charge is -2.23. The van der Waals surface area contributed by atoms with E-state index in [-0.39, 0.29) is 0 Å². The molecule has 4 aromatic carbocycles. The summed E-state index contributed by atoms with van der Waals surface area (Å²) in [5, 5.41) is 0. The van der Waals surface area contributed by atoms with Gasteiger partial charge in [0.2, 0.25) is 0 Å². The predicted molar refractivity (Wildman–Crippen MR) is 154 cm³/mol. The Balaban J connectivity index is 2.01. The van der Waals surface area contributed by atoms with Crippen molar-refractivity contribution in [2.75, 3.05) is 0 Å². The predicted octanol–water partition coefficient (Wildman–Crippen LogP) is 9.60. The highest BCUT2D eigenvalue weighted by Gasteiger charge is 2.23. The van der Waals surface area contributed by atoms with Gasteiger partial charge < -0.3 is 0 Å². The van der Waals surface area contributed by atoms with Gasteiger partial charge in [-0.3, -0.25) is 4.98 Å². The Hall–Kier alpha value is -3.97. The lowest BCUT2D eigenvalue weighted by molar-refractivity contribution is 1.27. The van der Waals surface area contributed by atoms with Crippen LogP contribution in [0.4, 0.5) is 0 Å². The maximum absolute atomic E-state index is 5.18. The van der Waals surface area contributed by atoms with Gasteiger partial charge in [0.05, 0.1) is 5.69 Å². The van der Waals surface area contributed by atoms with Gasteiger partial charge in [-0.1, -0.05) is 84.9 Å². The van der Waals surface area contributed by atoms with Crippen LogP contribution in [0.25, 0.3) is 44.6 Å². The molecule has 1 aromatic heterocycles. The zero-order valence-corrected chi connectivity index (χ0v) is 22.1. The Morgan fingerprint density at radius 2 is 0.889 bits per heavy atom. The number of pyridine rings is 1. The highest BCUT2D eigenvalue weighted by molar-refractivity contribution is 6.01. The molecule has 1 heterocycles. The molecule has 36 heavy (non-hydrogen) atoms. The molecule has 0 amide bonds. The van der Waals surface area contributed by atoms with Gasteiger partial charge in [0, 0.05) is 28.5 Å². The summed E-state index contributed by atoms with van der Waals surface area (Å²) in [6.45, 7) is 13.3. The second kappa shape index (κ2) is 9.59. The van der Waals surface area contributed by atoms with Crippen LogP contribution in [0, 0.1) is 41.5 Å². The Morgan fingerprint density at radius 1 is 0.417 bits per heavy atom. The third kappa shape index (κ3) is 4.05. The summed E-state index contributed by atoms with van der Waals surface area (Å²) in [6, 6.07) is 30.5. The van der Waals surface area contributed by atoms with E-state index in [1.165, 1.54) is 66.8 Å². The van der Waals surface area contributed by atoms with E-state index in [4.69, 9.17) is 4.98 Å². The van der Waals surface area contributed by atoms with Crippen molar-refractivity contribution < 1.29 is 0 Å². The second-order valence-electron chi connectivity index (χ2n) is 9.88. The molecule has 0 atom stereocenters. The molecule has 1 heteroatoms. The Labute approximate surface area is 215 Å². The van der Waals surface area contributed by atoms with Crippen LogP contribution in [-0.2, 0) is 0 Å². The summed E-state index contributed by atoms with van der Waals surface area (Å²) in [4.78, 5) is 5.18. The van der Waals surface area contributed by atoms with Gasteiger partial charge in [-0.25, -0.2) is 0 Å². The Kier molecular flexibility index (Phi) is 6.33. The molecule has 178 valence electrons. The largest absolute Gasteiger partial charge is 0.255 e. The molecular weight excluding hydrogens is 434 g/mol. The molecule has 5 rings (SSSR count). The highest BCUT2D eigenvalue weighted by Crippen LogP contribution is 2.47. The normalized spacial score (nSPS) is 11.1. The van der Waals surface area contributed by atoms with Gasteiger partial charge in [-0.2, -0.15) is 0 Å². The van der Waals surface area contributed by atoms with Crippen molar-refractivity contribution in [2.45, 2.75) is 41.5 Å². The molecule has 5 aromatic rings. The van der Waals surface area contributed by atoms with E-state index in [1.54, 1.807) is 0 Å². The maximum Gasteiger partial charge on any atom is 0.0787 e. The van der Waals surface area contributed by atoms with Crippen LogP contribution < -0.4 is 0 Å². The van der Waals surface area contributed by atoms with Crippen molar-refractivity contribution >= 4 is 0 Å². The fourth-order valence-corrected chi connectivity index (χ4v) is 5.16. The third-order valence-corrected chi connectivity index (χ3v) is 7.77. The molecule has 0 radical (unpaired) electrons. The summed E-state index contributed by atoms with van der Waals surface area (Å²) in [7, 11) is 0. The third-order valence-electron chi connectivity index (χ3n) is 7.77. The van der Waals surface area contributed by atoms with Crippen LogP contribution in [-0.4, -0.2) is 4.98 Å². The van der Waals surface area contributed by atoms with Crippen molar-refractivity contribution in [2.24, 2.45) is 0 Å². The highest BCUT2D eigenvalue weighted by atomic mass is 14.7. The van der Waals surface area contributed by atoms with E-state index in [0.29, 0.717) is 0 Å². The Morgan fingerprint density at radius 3 is 1.44 bits per heavy atom. The minimum Gasteiger partial charge on any atom is -0.255 e. The first kappa shape index (κ1) is 23.8. The molecule has 0 saturated carbocycles. The first-order valence-corrected chi connectivity index (χ1v) is 12.7. The minimum absolute atomic E-state index is 1.02. The molecule has 0 aliphatic carbocycles. The fourth-order valence-electron chi connectivity index (χ4n) is 5.16. The van der Waals surface area contributed by atoms with E-state index in [2.05, 4.69) is 133 Å². The number of rotatable bonds is 4. The average Bonchev–Trinajstić information content (AvgIpc) is 2.89. The monoisotopic (exact) mass is 467 g/mol. The SMILES string of the molecule is Cc1cccc(-c2cnc(-c3ccccc3)c(-c3cccc(C)c3C)c2-c2cccc(C)c2C)c1C. The average molecular weight is 468 g/mol. The maximum atomic E-state index is 5.18. The number of aryl methyl sites for hydroxylation is 3. The first-order chi connectivity index (χ1) is 17.4. The summed E-state index contributed by atoms with van der Waals surface area (Å²) in [6.07, 6.45) is 2.09. The van der Waals surface area contributed by atoms with E-state index in [0.717, 1.165) is 11.3 Å². The summed E-state index contributed by atoms with van der Waals surface area (Å²) in [5.41, 5.74) is 17.3. The number of hydrogen-bond acceptors (Lipinski definition) is 1. The quantitative estimate of drug-likeness (QED) is 0.256. The Bertz CT molecular complexity index is 1570. The van der Waals surface area contributed by atoms with Gasteiger partial charge in [0.25, 0.3) is 0 Å². The molecule has 0 bridgehead atoms. The molecular formula is C35H33N. The standard InChI is InChI=1S/C35H33N/c1-22-13-10-18-29(25(22)4)32-21-36-35(28-16-8-7-9-17-28)34(31-20-12-15-24(3)27(31)6)33(32)30-19-11-14-23(2)26(30)5/h7-21H,1-6H3. The number of hydrogen-bond donors (Lipinski definition) is 0. The van der Waals surface area contributed by atoms with E-state index >= 15 is 0 Å². The summed E-state index contributed by atoms with van der Waals surface area (Å²) >= 11 is 0. The van der Waals surface area contributed by atoms with Gasteiger partial charge in [0.1, 0.15) is 0 Å². The van der Waals surface area contributed by atoms with Crippen LogP contribution in [0.3, 0.4) is 0 Å². The van der Waals surface area contributed by atoms with E-state index in [1.807, 2.05) is 0 Å². The number of benzene rings is 4. The van der Waals surface area contributed by atoms with Crippen molar-refractivity contribution in [3.63, 3.8) is 0 Å². The molecule has 0 N–H and O–H groups in total. The van der Waals surface area contributed by atoms with Crippen LogP contribution in [0.5, 0.6) is 0 Å². The van der Waals surface area contributed by atoms with Crippen LogP contribution in [0.15, 0.2) is 91.1 Å². The van der Waals surface area contributed by atoms with Crippen molar-refractivity contribution in [1.82, 2.24) is 4.98 Å². The molecule has 0 fully saturated rings. The van der Waals surface area contributed by atoms with Gasteiger partial charge >= 0.3 is 0 Å². The lowest BCUT2D eigenvalue weighted by Crippen LogP contribution is -2.01. The van der Waals surface area contributed by atoms with Crippen LogP contribution >= 0.6 is 0 Å². The summed E-state index contributed by atoms with van der Waals surface area (Å²) < 4.78 is 0. The molecule has 0 unspecified atom stereocenters. The molecule has 1 nitrogen and oxygen atoms in total. The van der Waals surface area contributed by atoms with E-state index < -0.39 is 0 Å². The van der Waals surface area contributed by atoms with Crippen molar-refractivity contribution in [3.05, 3.63) is 125 Å². The second-order valence-corrected chi connectivity index (χ2v) is 9.88. The van der Waals surface area contributed by atoms with Gasteiger partial charge in [-0.05, 0) is 91.6 Å². The number of aromatic nitrogens is 1. The lowest BCUT2D eigenvalue weighted by atomic mass is 9.81. The topological polar surface area (TPSA) is 12.9 Å². The molecule has 0 saturated heterocycles. The smallest absolute Gasteiger partial charge is 0.0787 e. The van der Waals surface area contributed by atoms with Crippen molar-refractivity contribution in [3.8, 4) is 44.6 Å². The molecule has 0 spiro atoms. The van der Waals surface area contributed by atoms with Crippen molar-refractivity contribution in [1.29, 1.82) is 0 Å². The first-order valence-electron chi connectivity index (χ1n) is 12.7. The van der Waals surface area contributed by atoms with Crippen LogP contribution in [0.1, 0.15) is 33.4 Å². The van der Waals surface area contributed by atoms with Gasteiger partial charge in [-0.15, -0.1) is 0 Å². The zero-order valence-electron chi connectivity index (χ0n) is 22.1. The molecule has 0 aliphatic heterocycles. The van der Waals surface area contributed by atoms with E-state index in [9.17, 15) is 0 Å². The minimum atomic E-state index is 1.02. The summed E-state index contributed by atoms with van der Waals surface area (Å²) in [5.74, 6) is 0. The fraction of sp³-hybridized carbons (Fsp3) is 0.171. The number of nitrogens with zero attached hydrogens (tertiary/aromatic N) is 1. The zero-order chi connectivity index (χ0) is 25.4. The van der Waals surface area contributed by atoms with Crippen LogP contribution in [0.2, 0.25) is 0 Å². The molecule has 0 aliphatic rings.